The minimum Gasteiger partial charge on any atom is -0.492 e. The highest BCUT2D eigenvalue weighted by molar-refractivity contribution is 9.10. The summed E-state index contributed by atoms with van der Waals surface area (Å²) in [6.07, 6.45) is 4.35. The number of halogens is 1. The van der Waals surface area contributed by atoms with E-state index in [-0.39, 0.29) is 0 Å². The van der Waals surface area contributed by atoms with E-state index in [2.05, 4.69) is 35.4 Å². The molecule has 0 unspecified atom stereocenters. The van der Waals surface area contributed by atoms with Gasteiger partial charge in [-0.15, -0.1) is 10.2 Å². The smallest absolute Gasteiger partial charge is 0.160 e. The molecule has 4 rings (SSSR count). The van der Waals surface area contributed by atoms with Gasteiger partial charge < -0.3 is 4.74 Å². The number of ether oxygens (including phenoxy) is 1. The van der Waals surface area contributed by atoms with Gasteiger partial charge in [0.15, 0.2) is 11.5 Å². The number of hydrogen-bond donors (Lipinski definition) is 0. The topological polar surface area (TPSA) is 42.7 Å². The Balaban J connectivity index is 1.42. The average Bonchev–Trinajstić information content (AvgIpc) is 3.23. The standard InChI is InChI=1S/C18H19BrN4O/c19-14-6-8-15(9-7-14)24-13-12-22-10-3-4-16(22)18-21-20-17-5-1-2-11-23(17)18/h1-2,5-9,11,16H,3-4,10,12-13H2/t16-/m0/s1. The van der Waals surface area contributed by atoms with E-state index >= 15 is 0 Å². The van der Waals surface area contributed by atoms with E-state index in [9.17, 15) is 0 Å². The van der Waals surface area contributed by atoms with Crippen molar-refractivity contribution < 1.29 is 4.74 Å². The molecule has 124 valence electrons. The van der Waals surface area contributed by atoms with Crippen molar-refractivity contribution in [1.29, 1.82) is 0 Å². The first kappa shape index (κ1) is 15.6. The summed E-state index contributed by atoms with van der Waals surface area (Å²) in [5, 5.41) is 8.71. The first-order chi connectivity index (χ1) is 11.8. The molecule has 0 bridgehead atoms. The number of hydrogen-bond acceptors (Lipinski definition) is 4. The summed E-state index contributed by atoms with van der Waals surface area (Å²) in [5.74, 6) is 1.94. The molecule has 0 N–H and O–H groups in total. The molecule has 1 aromatic carbocycles. The lowest BCUT2D eigenvalue weighted by Gasteiger charge is -2.23. The molecule has 2 aromatic heterocycles. The van der Waals surface area contributed by atoms with Gasteiger partial charge in [-0.05, 0) is 55.8 Å². The summed E-state index contributed by atoms with van der Waals surface area (Å²) in [6, 6.07) is 14.3. The normalized spacial score (nSPS) is 18.3. The maximum absolute atomic E-state index is 5.87. The predicted octanol–water partition coefficient (Wildman–Crippen LogP) is 3.71. The number of benzene rings is 1. The number of rotatable bonds is 5. The van der Waals surface area contributed by atoms with Crippen LogP contribution in [0, 0.1) is 0 Å². The quantitative estimate of drug-likeness (QED) is 0.670. The lowest BCUT2D eigenvalue weighted by Crippen LogP contribution is -2.29. The molecule has 1 fully saturated rings. The van der Waals surface area contributed by atoms with Crippen LogP contribution in [0.15, 0.2) is 53.1 Å². The third kappa shape index (κ3) is 3.16. The second-order valence-electron chi connectivity index (χ2n) is 5.98. The van der Waals surface area contributed by atoms with Crippen LogP contribution in [0.25, 0.3) is 5.65 Å². The van der Waals surface area contributed by atoms with E-state index in [4.69, 9.17) is 4.74 Å². The van der Waals surface area contributed by atoms with E-state index in [1.54, 1.807) is 0 Å². The minimum absolute atomic E-state index is 0.316. The van der Waals surface area contributed by atoms with Crippen molar-refractivity contribution in [2.45, 2.75) is 18.9 Å². The predicted molar refractivity (Wildman–Crippen MR) is 96.2 cm³/mol. The second kappa shape index (κ2) is 6.91. The van der Waals surface area contributed by atoms with Crippen LogP contribution in [0.5, 0.6) is 5.75 Å². The van der Waals surface area contributed by atoms with Gasteiger partial charge in [0.25, 0.3) is 0 Å². The second-order valence-corrected chi connectivity index (χ2v) is 6.90. The first-order valence-electron chi connectivity index (χ1n) is 8.23. The summed E-state index contributed by atoms with van der Waals surface area (Å²) >= 11 is 3.44. The lowest BCUT2D eigenvalue weighted by atomic mass is 10.2. The molecular formula is C18H19BrN4O. The van der Waals surface area contributed by atoms with Crippen molar-refractivity contribution in [2.75, 3.05) is 19.7 Å². The molecule has 3 aromatic rings. The van der Waals surface area contributed by atoms with E-state index < -0.39 is 0 Å². The number of likely N-dealkylation sites (tertiary alicyclic amines) is 1. The van der Waals surface area contributed by atoms with Crippen LogP contribution in [0.4, 0.5) is 0 Å². The highest BCUT2D eigenvalue weighted by Gasteiger charge is 2.29. The summed E-state index contributed by atoms with van der Waals surface area (Å²) in [6.45, 7) is 2.65. The van der Waals surface area contributed by atoms with Crippen LogP contribution in [-0.2, 0) is 0 Å². The summed E-state index contributed by atoms with van der Waals surface area (Å²) in [5.41, 5.74) is 0.908. The molecule has 0 aliphatic carbocycles. The first-order valence-corrected chi connectivity index (χ1v) is 9.03. The fraction of sp³-hybridized carbons (Fsp3) is 0.333. The SMILES string of the molecule is Brc1ccc(OCCN2CCC[C@H]2c2nnc3ccccn23)cc1. The average molecular weight is 387 g/mol. The highest BCUT2D eigenvalue weighted by atomic mass is 79.9. The van der Waals surface area contributed by atoms with Crippen molar-refractivity contribution in [1.82, 2.24) is 19.5 Å². The summed E-state index contributed by atoms with van der Waals surface area (Å²) in [4.78, 5) is 2.45. The highest BCUT2D eigenvalue weighted by Crippen LogP contribution is 2.30. The van der Waals surface area contributed by atoms with Gasteiger partial charge >= 0.3 is 0 Å². The van der Waals surface area contributed by atoms with Crippen LogP contribution >= 0.6 is 15.9 Å². The van der Waals surface area contributed by atoms with Gasteiger partial charge in [0.1, 0.15) is 12.4 Å². The van der Waals surface area contributed by atoms with Crippen LogP contribution in [0.1, 0.15) is 24.7 Å². The zero-order chi connectivity index (χ0) is 16.4. The monoisotopic (exact) mass is 386 g/mol. The maximum atomic E-state index is 5.87. The number of fused-ring (bicyclic) bond motifs is 1. The zero-order valence-electron chi connectivity index (χ0n) is 13.3. The van der Waals surface area contributed by atoms with E-state index in [1.807, 2.05) is 48.7 Å². The molecule has 0 amide bonds. The molecule has 0 saturated carbocycles. The van der Waals surface area contributed by atoms with Gasteiger partial charge in [-0.2, -0.15) is 0 Å². The van der Waals surface area contributed by atoms with Gasteiger partial charge in [-0.1, -0.05) is 22.0 Å². The Morgan fingerprint density at radius 1 is 1.12 bits per heavy atom. The molecule has 6 heteroatoms. The Labute approximate surface area is 149 Å². The Hall–Kier alpha value is -1.92. The molecule has 1 atom stereocenters. The Morgan fingerprint density at radius 3 is 2.88 bits per heavy atom. The molecular weight excluding hydrogens is 368 g/mol. The molecule has 5 nitrogen and oxygen atoms in total. The van der Waals surface area contributed by atoms with Crippen molar-refractivity contribution in [2.24, 2.45) is 0 Å². The molecule has 24 heavy (non-hydrogen) atoms. The fourth-order valence-corrected chi connectivity index (χ4v) is 3.55. The zero-order valence-corrected chi connectivity index (χ0v) is 14.9. The summed E-state index contributed by atoms with van der Waals surface area (Å²) in [7, 11) is 0. The van der Waals surface area contributed by atoms with Gasteiger partial charge in [0.2, 0.25) is 0 Å². The summed E-state index contributed by atoms with van der Waals surface area (Å²) < 4.78 is 9.03. The van der Waals surface area contributed by atoms with Gasteiger partial charge in [-0.3, -0.25) is 9.30 Å². The van der Waals surface area contributed by atoms with Crippen LogP contribution < -0.4 is 4.74 Å². The Morgan fingerprint density at radius 2 is 2.00 bits per heavy atom. The largest absolute Gasteiger partial charge is 0.492 e. The van der Waals surface area contributed by atoms with Gasteiger partial charge in [0, 0.05) is 17.2 Å². The molecule has 1 aliphatic heterocycles. The Bertz CT molecular complexity index is 817. The minimum atomic E-state index is 0.316. The number of aromatic nitrogens is 3. The van der Waals surface area contributed by atoms with E-state index in [0.717, 1.165) is 41.2 Å². The molecule has 3 heterocycles. The van der Waals surface area contributed by atoms with Gasteiger partial charge in [0.05, 0.1) is 6.04 Å². The third-order valence-corrected chi connectivity index (χ3v) is 4.99. The van der Waals surface area contributed by atoms with Crippen LogP contribution in [0.2, 0.25) is 0 Å². The third-order valence-electron chi connectivity index (χ3n) is 4.46. The Kier molecular flexibility index (Phi) is 4.49. The lowest BCUT2D eigenvalue weighted by molar-refractivity contribution is 0.192. The van der Waals surface area contributed by atoms with E-state index in [0.29, 0.717) is 12.6 Å². The number of nitrogens with zero attached hydrogens (tertiary/aromatic N) is 4. The van der Waals surface area contributed by atoms with Crippen LogP contribution in [-0.4, -0.2) is 39.2 Å². The molecule has 0 radical (unpaired) electrons. The maximum Gasteiger partial charge on any atom is 0.160 e. The molecule has 1 saturated heterocycles. The van der Waals surface area contributed by atoms with Crippen molar-refractivity contribution in [3.05, 3.63) is 59.0 Å². The van der Waals surface area contributed by atoms with Crippen LogP contribution in [0.3, 0.4) is 0 Å². The van der Waals surface area contributed by atoms with Gasteiger partial charge in [-0.25, -0.2) is 0 Å². The number of pyridine rings is 1. The fourth-order valence-electron chi connectivity index (χ4n) is 3.28. The van der Waals surface area contributed by atoms with Crippen molar-refractivity contribution >= 4 is 21.6 Å². The van der Waals surface area contributed by atoms with E-state index in [1.165, 1.54) is 6.42 Å². The van der Waals surface area contributed by atoms with Crippen molar-refractivity contribution in [3.8, 4) is 5.75 Å². The molecule has 1 aliphatic rings. The molecule has 0 spiro atoms. The van der Waals surface area contributed by atoms with Crippen molar-refractivity contribution in [3.63, 3.8) is 0 Å².